The molecule has 0 fully saturated rings. The van der Waals surface area contributed by atoms with Gasteiger partial charge in [0.25, 0.3) is 0 Å². The molecule has 0 aliphatic carbocycles. The molecule has 6 heteroatoms. The number of carbonyl (C=O) groups is 1. The van der Waals surface area contributed by atoms with Crippen molar-refractivity contribution >= 4 is 31.3 Å². The van der Waals surface area contributed by atoms with E-state index in [2.05, 4.69) is 104 Å². The molecule has 0 amide bonds. The van der Waals surface area contributed by atoms with Crippen molar-refractivity contribution in [3.63, 3.8) is 0 Å². The van der Waals surface area contributed by atoms with Crippen molar-refractivity contribution in [1.29, 1.82) is 0 Å². The van der Waals surface area contributed by atoms with Crippen molar-refractivity contribution in [2.75, 3.05) is 0 Å². The fourth-order valence-electron chi connectivity index (χ4n) is 6.48. The van der Waals surface area contributed by atoms with Crippen LogP contribution in [0.1, 0.15) is 120 Å². The molecule has 1 aromatic carbocycles. The van der Waals surface area contributed by atoms with Crippen LogP contribution >= 0.6 is 0 Å². The van der Waals surface area contributed by atoms with Gasteiger partial charge in [-0.2, -0.15) is 0 Å². The Bertz CT molecular complexity index is 799. The van der Waals surface area contributed by atoms with Crippen LogP contribution in [0.25, 0.3) is 0 Å². The summed E-state index contributed by atoms with van der Waals surface area (Å²) in [5, 5.41) is 0. The number of hydrogen-bond donors (Lipinski definition) is 0. The molecule has 40 heavy (non-hydrogen) atoms. The summed E-state index contributed by atoms with van der Waals surface area (Å²) in [6.07, 6.45) is 7.19. The van der Waals surface area contributed by atoms with Crippen LogP contribution in [0, 0.1) is 0 Å². The van der Waals surface area contributed by atoms with E-state index in [1.165, 1.54) is 51.8 Å². The maximum absolute atomic E-state index is 14.4. The standard InChI is InChI=1S/C22H36BN2O2.3C4H9.Sn/c1-17(2)24(18(3)4)23(25(19(5)6)20(7)8)15-14-22(26)27-16-21-12-10-9-11-13-21;3*1-3-4-2;/h9-13,15,17-20H,16H2,1-8H3;3*1,3-4H2,2H3;. The van der Waals surface area contributed by atoms with E-state index in [1.54, 1.807) is 0 Å². The summed E-state index contributed by atoms with van der Waals surface area (Å²) in [6, 6.07) is 11.6. The molecule has 0 radical (unpaired) electrons. The van der Waals surface area contributed by atoms with Crippen LogP contribution in [0.2, 0.25) is 13.3 Å². The van der Waals surface area contributed by atoms with Crippen LogP contribution in [0.3, 0.4) is 0 Å². The Morgan fingerprint density at radius 1 is 0.750 bits per heavy atom. The van der Waals surface area contributed by atoms with Crippen LogP contribution in [0.15, 0.2) is 39.9 Å². The van der Waals surface area contributed by atoms with E-state index in [9.17, 15) is 4.79 Å². The van der Waals surface area contributed by atoms with Crippen LogP contribution in [0.4, 0.5) is 0 Å². The topological polar surface area (TPSA) is 32.8 Å². The van der Waals surface area contributed by atoms with Gasteiger partial charge in [0, 0.05) is 0 Å². The molecule has 0 spiro atoms. The molecule has 0 heterocycles. The summed E-state index contributed by atoms with van der Waals surface area (Å²) >= 11 is -3.16. The summed E-state index contributed by atoms with van der Waals surface area (Å²) in [7, 11) is 0. The first kappa shape index (κ1) is 37.2. The summed E-state index contributed by atoms with van der Waals surface area (Å²) in [4.78, 5) is 19.7. The van der Waals surface area contributed by atoms with E-state index in [0.717, 1.165) is 9.15 Å². The Kier molecular flexibility index (Phi) is 18.1. The number of hydrogen-bond acceptors (Lipinski definition) is 4. The zero-order valence-corrected chi connectivity index (χ0v) is 31.0. The molecule has 0 aromatic heterocycles. The van der Waals surface area contributed by atoms with Gasteiger partial charge in [-0.15, -0.1) is 0 Å². The average molecular weight is 661 g/mol. The Labute approximate surface area is 253 Å². The predicted molar refractivity (Wildman–Crippen MR) is 179 cm³/mol. The molecule has 0 atom stereocenters. The minimum atomic E-state index is -3.16. The minimum absolute atomic E-state index is 0.0344. The zero-order valence-electron chi connectivity index (χ0n) is 28.1. The molecule has 0 unspecified atom stereocenters. The summed E-state index contributed by atoms with van der Waals surface area (Å²) in [5.74, 6) is 2.41. The fraction of sp³-hybridized carbons (Fsp3) is 0.735. The second kappa shape index (κ2) is 19.4. The van der Waals surface area contributed by atoms with Crippen LogP contribution < -0.4 is 0 Å². The summed E-state index contributed by atoms with van der Waals surface area (Å²) in [6.45, 7) is 25.7. The molecular weight excluding hydrogens is 598 g/mol. The number of carbonyl (C=O) groups excluding carboxylic acids is 1. The number of unbranched alkanes of at least 4 members (excludes halogenated alkanes) is 3. The number of nitrogens with zero attached hydrogens (tertiary/aromatic N) is 2. The van der Waals surface area contributed by atoms with Crippen molar-refractivity contribution in [2.24, 2.45) is 0 Å². The predicted octanol–water partition coefficient (Wildman–Crippen LogP) is 9.31. The van der Waals surface area contributed by atoms with Gasteiger partial charge in [-0.1, -0.05) is 0 Å². The molecule has 1 aromatic rings. The van der Waals surface area contributed by atoms with Gasteiger partial charge < -0.3 is 0 Å². The molecule has 0 saturated carbocycles. The first-order valence-electron chi connectivity index (χ1n) is 16.4. The second-order valence-corrected chi connectivity index (χ2v) is 26.0. The Morgan fingerprint density at radius 3 is 1.50 bits per heavy atom. The van der Waals surface area contributed by atoms with Gasteiger partial charge in [-0.05, 0) is 0 Å². The number of esters is 1. The monoisotopic (exact) mass is 662 g/mol. The number of ether oxygens (including phenoxy) is 1. The summed E-state index contributed by atoms with van der Waals surface area (Å²) in [5.41, 5.74) is 1.06. The van der Waals surface area contributed by atoms with Gasteiger partial charge in [-0.3, -0.25) is 0 Å². The SMILES string of the molecule is CCC[CH2][Sn]([CH2]CCC)([CH2]CCC)/[C](=C\B(N(C(C)C)C(C)C)N(C(C)C)C(C)C)C(=O)OCc1ccccc1. The quantitative estimate of drug-likeness (QED) is 0.0793. The van der Waals surface area contributed by atoms with E-state index in [1.807, 2.05) is 18.2 Å². The first-order chi connectivity index (χ1) is 18.9. The average Bonchev–Trinajstić information content (AvgIpc) is 2.90. The van der Waals surface area contributed by atoms with Gasteiger partial charge in [0.2, 0.25) is 0 Å². The molecule has 0 aliphatic rings. The third-order valence-electron chi connectivity index (χ3n) is 8.34. The van der Waals surface area contributed by atoms with Crippen molar-refractivity contribution in [1.82, 2.24) is 9.62 Å². The Hall–Kier alpha value is -0.786. The van der Waals surface area contributed by atoms with Gasteiger partial charge in [0.1, 0.15) is 0 Å². The fourth-order valence-corrected chi connectivity index (χ4v) is 22.6. The molecular formula is C34H63BN2O2Sn. The molecule has 0 bridgehead atoms. The van der Waals surface area contributed by atoms with Crippen LogP contribution in [0.5, 0.6) is 0 Å². The molecule has 1 rings (SSSR count). The molecule has 0 aliphatic heterocycles. The van der Waals surface area contributed by atoms with Gasteiger partial charge in [0.05, 0.1) is 0 Å². The molecule has 4 nitrogen and oxygen atoms in total. The van der Waals surface area contributed by atoms with E-state index in [0.29, 0.717) is 30.8 Å². The van der Waals surface area contributed by atoms with Crippen molar-refractivity contribution in [3.8, 4) is 0 Å². The maximum atomic E-state index is 14.4. The van der Waals surface area contributed by atoms with Crippen LogP contribution in [-0.2, 0) is 16.1 Å². The van der Waals surface area contributed by atoms with Crippen molar-refractivity contribution < 1.29 is 9.53 Å². The van der Waals surface area contributed by atoms with Gasteiger partial charge >= 0.3 is 255 Å². The number of rotatable bonds is 20. The molecule has 0 N–H and O–H groups in total. The first-order valence-corrected chi connectivity index (χ1v) is 23.9. The second-order valence-electron chi connectivity index (χ2n) is 12.9. The number of benzene rings is 1. The van der Waals surface area contributed by atoms with Crippen LogP contribution in [-0.4, -0.2) is 65.1 Å². The third kappa shape index (κ3) is 11.5. The zero-order chi connectivity index (χ0) is 30.3. The normalized spacial score (nSPS) is 13.0. The van der Waals surface area contributed by atoms with Crippen molar-refractivity contribution in [2.45, 2.75) is 159 Å². The van der Waals surface area contributed by atoms with Gasteiger partial charge in [0.15, 0.2) is 0 Å². The molecule has 0 saturated heterocycles. The molecule has 228 valence electrons. The summed E-state index contributed by atoms with van der Waals surface area (Å²) < 4.78 is 11.1. The van der Waals surface area contributed by atoms with Gasteiger partial charge in [-0.25, -0.2) is 0 Å². The van der Waals surface area contributed by atoms with E-state index in [-0.39, 0.29) is 13.0 Å². The Morgan fingerprint density at radius 2 is 1.15 bits per heavy atom. The van der Waals surface area contributed by atoms with E-state index in [4.69, 9.17) is 4.74 Å². The Balaban J connectivity index is 3.92. The van der Waals surface area contributed by atoms with Crippen molar-refractivity contribution in [3.05, 3.63) is 45.5 Å². The van der Waals surface area contributed by atoms with E-state index < -0.39 is 18.4 Å². The van der Waals surface area contributed by atoms with E-state index >= 15 is 0 Å². The third-order valence-corrected chi connectivity index (χ3v) is 23.9.